The van der Waals surface area contributed by atoms with Crippen molar-refractivity contribution in [1.29, 1.82) is 0 Å². The summed E-state index contributed by atoms with van der Waals surface area (Å²) < 4.78 is 5.22. The van der Waals surface area contributed by atoms with Crippen LogP contribution in [-0.4, -0.2) is 32.6 Å². The van der Waals surface area contributed by atoms with Crippen LogP contribution in [0.4, 0.5) is 0 Å². The number of methoxy groups -OCH3 is 1. The summed E-state index contributed by atoms with van der Waals surface area (Å²) >= 11 is 0. The van der Waals surface area contributed by atoms with Crippen LogP contribution in [0.5, 0.6) is 5.75 Å². The van der Waals surface area contributed by atoms with Crippen molar-refractivity contribution in [2.75, 3.05) is 20.7 Å². The molecule has 0 aliphatic heterocycles. The highest BCUT2D eigenvalue weighted by molar-refractivity contribution is 14.0. The summed E-state index contributed by atoms with van der Waals surface area (Å²) in [6.45, 7) is 1.68. The first-order chi connectivity index (χ1) is 12.7. The van der Waals surface area contributed by atoms with Gasteiger partial charge in [-0.25, -0.2) is 0 Å². The van der Waals surface area contributed by atoms with Gasteiger partial charge in [-0.3, -0.25) is 9.79 Å². The molecule has 27 heavy (non-hydrogen) atoms. The van der Waals surface area contributed by atoms with Crippen LogP contribution in [-0.2, 0) is 17.9 Å². The second kappa shape index (κ2) is 13.0. The minimum Gasteiger partial charge on any atom is -0.497 e. The van der Waals surface area contributed by atoms with E-state index in [0.29, 0.717) is 32.0 Å². The number of hydrogen-bond donors (Lipinski definition) is 3. The summed E-state index contributed by atoms with van der Waals surface area (Å²) in [6, 6.07) is 17.7. The quantitative estimate of drug-likeness (QED) is 0.308. The SMILES string of the molecule is CN=C(NCCC(=O)NCc1ccccc1)NCc1cccc(OC)c1.I. The zero-order valence-corrected chi connectivity index (χ0v) is 18.0. The molecule has 3 N–H and O–H groups in total. The summed E-state index contributed by atoms with van der Waals surface area (Å²) in [5, 5.41) is 9.27. The number of hydrogen-bond acceptors (Lipinski definition) is 3. The first-order valence-electron chi connectivity index (χ1n) is 8.59. The number of carbonyl (C=O) groups is 1. The van der Waals surface area contributed by atoms with Gasteiger partial charge in [-0.2, -0.15) is 0 Å². The molecule has 146 valence electrons. The molecular weight excluding hydrogens is 455 g/mol. The number of aliphatic imine (C=N–C) groups is 1. The third-order valence-electron chi connectivity index (χ3n) is 3.79. The van der Waals surface area contributed by atoms with Crippen molar-refractivity contribution in [2.45, 2.75) is 19.5 Å². The van der Waals surface area contributed by atoms with E-state index >= 15 is 0 Å². The number of rotatable bonds is 8. The maximum absolute atomic E-state index is 11.9. The van der Waals surface area contributed by atoms with E-state index in [0.717, 1.165) is 16.9 Å². The van der Waals surface area contributed by atoms with Crippen LogP contribution < -0.4 is 20.7 Å². The fourth-order valence-electron chi connectivity index (χ4n) is 2.37. The average molecular weight is 482 g/mol. The van der Waals surface area contributed by atoms with Crippen molar-refractivity contribution in [3.63, 3.8) is 0 Å². The largest absolute Gasteiger partial charge is 0.497 e. The van der Waals surface area contributed by atoms with Gasteiger partial charge in [0.1, 0.15) is 5.75 Å². The minimum absolute atomic E-state index is 0. The van der Waals surface area contributed by atoms with E-state index in [-0.39, 0.29) is 29.9 Å². The van der Waals surface area contributed by atoms with Crippen molar-refractivity contribution in [1.82, 2.24) is 16.0 Å². The Bertz CT molecular complexity index is 723. The van der Waals surface area contributed by atoms with E-state index in [9.17, 15) is 4.79 Å². The van der Waals surface area contributed by atoms with E-state index in [1.54, 1.807) is 14.2 Å². The van der Waals surface area contributed by atoms with Crippen LogP contribution >= 0.6 is 24.0 Å². The van der Waals surface area contributed by atoms with Crippen molar-refractivity contribution in [3.05, 3.63) is 65.7 Å². The Morgan fingerprint density at radius 2 is 1.67 bits per heavy atom. The molecule has 2 rings (SSSR count). The second-order valence-corrected chi connectivity index (χ2v) is 5.72. The molecule has 0 unspecified atom stereocenters. The Balaban J connectivity index is 0.00000364. The molecule has 2 aromatic carbocycles. The number of ether oxygens (including phenoxy) is 1. The van der Waals surface area contributed by atoms with Gasteiger partial charge in [-0.05, 0) is 23.3 Å². The number of benzene rings is 2. The fourth-order valence-corrected chi connectivity index (χ4v) is 2.37. The lowest BCUT2D eigenvalue weighted by Crippen LogP contribution is -2.38. The molecule has 0 fully saturated rings. The Morgan fingerprint density at radius 1 is 0.963 bits per heavy atom. The van der Waals surface area contributed by atoms with Crippen molar-refractivity contribution in [2.24, 2.45) is 4.99 Å². The van der Waals surface area contributed by atoms with Crippen LogP contribution in [0.3, 0.4) is 0 Å². The van der Waals surface area contributed by atoms with Gasteiger partial charge >= 0.3 is 0 Å². The summed E-state index contributed by atoms with van der Waals surface area (Å²) in [5.74, 6) is 1.48. The molecule has 1 amide bonds. The molecule has 0 heterocycles. The summed E-state index contributed by atoms with van der Waals surface area (Å²) in [4.78, 5) is 16.1. The van der Waals surface area contributed by atoms with E-state index in [4.69, 9.17) is 4.74 Å². The number of amides is 1. The molecule has 7 heteroatoms. The predicted molar refractivity (Wildman–Crippen MR) is 120 cm³/mol. The Labute approximate surface area is 177 Å². The molecule has 0 spiro atoms. The number of nitrogens with zero attached hydrogens (tertiary/aromatic N) is 1. The molecule has 0 aliphatic rings. The van der Waals surface area contributed by atoms with Crippen LogP contribution in [0.2, 0.25) is 0 Å². The van der Waals surface area contributed by atoms with Crippen LogP contribution in [0.15, 0.2) is 59.6 Å². The van der Waals surface area contributed by atoms with Gasteiger partial charge in [0.15, 0.2) is 5.96 Å². The highest BCUT2D eigenvalue weighted by Gasteiger charge is 2.03. The summed E-state index contributed by atoms with van der Waals surface area (Å²) in [7, 11) is 3.35. The number of nitrogens with one attached hydrogen (secondary N) is 3. The summed E-state index contributed by atoms with van der Waals surface area (Å²) in [6.07, 6.45) is 0.382. The Kier molecular flexibility index (Phi) is 10.9. The van der Waals surface area contributed by atoms with Gasteiger partial charge < -0.3 is 20.7 Å². The van der Waals surface area contributed by atoms with Gasteiger partial charge in [-0.15, -0.1) is 24.0 Å². The normalized spacial score (nSPS) is 10.5. The monoisotopic (exact) mass is 482 g/mol. The molecule has 6 nitrogen and oxygen atoms in total. The lowest BCUT2D eigenvalue weighted by atomic mass is 10.2. The summed E-state index contributed by atoms with van der Waals surface area (Å²) in [5.41, 5.74) is 2.18. The molecule has 0 bridgehead atoms. The molecule has 0 saturated carbocycles. The van der Waals surface area contributed by atoms with Gasteiger partial charge in [0.2, 0.25) is 5.91 Å². The predicted octanol–water partition coefficient (Wildman–Crippen LogP) is 2.68. The molecule has 0 aliphatic carbocycles. The van der Waals surface area contributed by atoms with Gasteiger partial charge in [0, 0.05) is 33.1 Å². The minimum atomic E-state index is 0. The Morgan fingerprint density at radius 3 is 2.37 bits per heavy atom. The zero-order valence-electron chi connectivity index (χ0n) is 15.7. The molecule has 2 aromatic rings. The second-order valence-electron chi connectivity index (χ2n) is 5.72. The average Bonchev–Trinajstić information content (AvgIpc) is 2.70. The molecule has 0 radical (unpaired) electrons. The van der Waals surface area contributed by atoms with Crippen molar-refractivity contribution < 1.29 is 9.53 Å². The van der Waals surface area contributed by atoms with Gasteiger partial charge in [0.05, 0.1) is 7.11 Å². The smallest absolute Gasteiger partial charge is 0.222 e. The van der Waals surface area contributed by atoms with Crippen LogP contribution in [0.1, 0.15) is 17.5 Å². The third-order valence-corrected chi connectivity index (χ3v) is 3.79. The van der Waals surface area contributed by atoms with Crippen molar-refractivity contribution >= 4 is 35.8 Å². The molecule has 0 atom stereocenters. The lowest BCUT2D eigenvalue weighted by Gasteiger charge is -2.12. The van der Waals surface area contributed by atoms with Gasteiger partial charge in [-0.1, -0.05) is 42.5 Å². The van der Waals surface area contributed by atoms with Gasteiger partial charge in [0.25, 0.3) is 0 Å². The topological polar surface area (TPSA) is 74.8 Å². The molecule has 0 saturated heterocycles. The first-order valence-corrected chi connectivity index (χ1v) is 8.59. The fraction of sp³-hybridized carbons (Fsp3) is 0.300. The van der Waals surface area contributed by atoms with Crippen LogP contribution in [0.25, 0.3) is 0 Å². The first kappa shape index (κ1) is 22.8. The number of halogens is 1. The highest BCUT2D eigenvalue weighted by atomic mass is 127. The maximum atomic E-state index is 11.9. The van der Waals surface area contributed by atoms with E-state index in [1.807, 2.05) is 54.6 Å². The Hall–Kier alpha value is -2.29. The molecule has 0 aromatic heterocycles. The highest BCUT2D eigenvalue weighted by Crippen LogP contribution is 2.11. The van der Waals surface area contributed by atoms with E-state index in [2.05, 4.69) is 20.9 Å². The zero-order chi connectivity index (χ0) is 18.6. The standard InChI is InChI=1S/C20H26N4O2.HI/c1-21-20(24-15-17-9-6-10-18(13-17)26-2)22-12-11-19(25)23-14-16-7-4-3-5-8-16;/h3-10,13H,11-12,14-15H2,1-2H3,(H,23,25)(H2,21,22,24);1H. The molecular formula is C20H27IN4O2. The lowest BCUT2D eigenvalue weighted by molar-refractivity contribution is -0.121. The van der Waals surface area contributed by atoms with E-state index < -0.39 is 0 Å². The third kappa shape index (κ3) is 8.76. The van der Waals surface area contributed by atoms with E-state index in [1.165, 1.54) is 0 Å². The maximum Gasteiger partial charge on any atom is 0.222 e. The van der Waals surface area contributed by atoms with Crippen LogP contribution in [0, 0.1) is 0 Å². The number of carbonyl (C=O) groups excluding carboxylic acids is 1. The van der Waals surface area contributed by atoms with Crippen molar-refractivity contribution in [3.8, 4) is 5.75 Å². The number of guanidine groups is 1.